The van der Waals surface area contributed by atoms with E-state index < -0.39 is 44.0 Å². The topological polar surface area (TPSA) is 96.2 Å². The molecule has 0 aromatic heterocycles. The van der Waals surface area contributed by atoms with Crippen molar-refractivity contribution in [3.63, 3.8) is 0 Å². The number of alkyl halides is 2. The highest BCUT2D eigenvalue weighted by molar-refractivity contribution is 7.54. The van der Waals surface area contributed by atoms with Crippen LogP contribution in [-0.2, 0) is 13.8 Å². The molecule has 0 aromatic rings. The maximum Gasteiger partial charge on any atom is 0.361 e. The molecule has 10 heteroatoms. The van der Waals surface area contributed by atoms with Gasteiger partial charge >= 0.3 is 7.60 Å². The van der Waals surface area contributed by atoms with Crippen molar-refractivity contribution in [1.29, 1.82) is 0 Å². The molecule has 0 aliphatic heterocycles. The molecule has 0 aliphatic carbocycles. The fourth-order valence-corrected chi connectivity index (χ4v) is 2.62. The summed E-state index contributed by atoms with van der Waals surface area (Å²) in [7, 11) is 0.609. The molecule has 0 bridgehead atoms. The number of halogens is 2. The summed E-state index contributed by atoms with van der Waals surface area (Å²) in [6.07, 6.45) is -2.70. The van der Waals surface area contributed by atoms with Gasteiger partial charge in [0.25, 0.3) is 0 Å². The lowest BCUT2D eigenvalue weighted by Crippen LogP contribution is -2.35. The number of aliphatic hydroxyl groups is 2. The zero-order valence-corrected chi connectivity index (χ0v) is 13.9. The summed E-state index contributed by atoms with van der Waals surface area (Å²) in [4.78, 5) is 9.73. The van der Waals surface area contributed by atoms with Crippen molar-refractivity contribution in [1.82, 2.24) is 0 Å². The van der Waals surface area contributed by atoms with Crippen LogP contribution in [0.25, 0.3) is 0 Å². The molecule has 0 saturated heterocycles. The van der Waals surface area contributed by atoms with E-state index in [0.29, 0.717) is 0 Å². The van der Waals surface area contributed by atoms with Crippen LogP contribution in [0, 0.1) is 0 Å². The highest BCUT2D eigenvalue weighted by Crippen LogP contribution is 2.58. The van der Waals surface area contributed by atoms with E-state index in [9.17, 15) is 23.3 Å². The van der Waals surface area contributed by atoms with Crippen LogP contribution in [0.5, 0.6) is 0 Å². The van der Waals surface area contributed by atoms with Crippen molar-refractivity contribution < 1.29 is 37.7 Å². The molecule has 22 heavy (non-hydrogen) atoms. The highest BCUT2D eigenvalue weighted by Gasteiger charge is 2.48. The number of hydrogen-bond acceptors (Lipinski definition) is 5. The molecule has 0 aliphatic rings. The third-order valence-electron chi connectivity index (χ3n) is 3.41. The summed E-state index contributed by atoms with van der Waals surface area (Å²) in [6, 6.07) is -1.44. The van der Waals surface area contributed by atoms with Gasteiger partial charge in [0.05, 0.1) is 13.2 Å². The molecular formula is C12H24BF2O6P. The third-order valence-corrected chi connectivity index (χ3v) is 5.52. The van der Waals surface area contributed by atoms with E-state index in [2.05, 4.69) is 4.52 Å². The summed E-state index contributed by atoms with van der Waals surface area (Å²) in [5.74, 6) is -2.53. The largest absolute Gasteiger partial charge is 0.393 e. The summed E-state index contributed by atoms with van der Waals surface area (Å²) in [5.41, 5.74) is 0. The maximum atomic E-state index is 14.5. The average Bonchev–Trinajstić information content (AvgIpc) is 2.45. The Morgan fingerprint density at radius 1 is 1.36 bits per heavy atom. The fourth-order valence-electron chi connectivity index (χ4n) is 1.36. The first-order chi connectivity index (χ1) is 9.94. The average molecular weight is 344 g/mol. The van der Waals surface area contributed by atoms with Crippen molar-refractivity contribution in [2.75, 3.05) is 13.2 Å². The van der Waals surface area contributed by atoms with Gasteiger partial charge in [-0.1, -0.05) is 13.8 Å². The minimum atomic E-state index is -4.64. The van der Waals surface area contributed by atoms with Crippen LogP contribution in [0.4, 0.5) is 8.78 Å². The standard InChI is InChI=1S/C12H24BF2O6P/c1-4-11(3,17)22(18,19)21-12(15,5-2)6-7-20-10(13)9(14)8-16/h9-10,16-17H,4-8H2,1-3H3,(H,18,19)/t9-,10-,11-,12?/m1/s1. The lowest BCUT2D eigenvalue weighted by Gasteiger charge is -2.33. The van der Waals surface area contributed by atoms with E-state index in [4.69, 9.17) is 17.7 Å². The molecular weight excluding hydrogens is 320 g/mol. The van der Waals surface area contributed by atoms with Gasteiger partial charge in [0, 0.05) is 18.8 Å². The molecule has 2 unspecified atom stereocenters. The molecule has 0 amide bonds. The minimum Gasteiger partial charge on any atom is -0.393 e. The van der Waals surface area contributed by atoms with E-state index in [0.717, 1.165) is 6.92 Å². The second-order valence-corrected chi connectivity index (χ2v) is 7.39. The zero-order valence-electron chi connectivity index (χ0n) is 13.0. The monoisotopic (exact) mass is 344 g/mol. The van der Waals surface area contributed by atoms with E-state index in [-0.39, 0.29) is 19.4 Å². The highest BCUT2D eigenvalue weighted by atomic mass is 31.2. The second-order valence-electron chi connectivity index (χ2n) is 5.20. The van der Waals surface area contributed by atoms with Crippen LogP contribution in [0.2, 0.25) is 0 Å². The Bertz CT molecular complexity index is 387. The van der Waals surface area contributed by atoms with E-state index in [1.165, 1.54) is 13.8 Å². The van der Waals surface area contributed by atoms with Gasteiger partial charge in [0.15, 0.2) is 5.34 Å². The fraction of sp³-hybridized carbons (Fsp3) is 1.00. The van der Waals surface area contributed by atoms with Gasteiger partial charge in [-0.05, 0) is 13.3 Å². The zero-order chi connectivity index (χ0) is 17.6. The summed E-state index contributed by atoms with van der Waals surface area (Å²) in [5, 5.41) is 16.3. The Kier molecular flexibility index (Phi) is 8.69. The third kappa shape index (κ3) is 6.22. The van der Waals surface area contributed by atoms with Gasteiger partial charge < -0.3 is 19.8 Å². The maximum absolute atomic E-state index is 14.5. The Hall–Kier alpha value is -0.0451. The lowest BCUT2D eigenvalue weighted by atomic mass is 9.95. The smallest absolute Gasteiger partial charge is 0.361 e. The molecule has 0 spiro atoms. The predicted octanol–water partition coefficient (Wildman–Crippen LogP) is 1.61. The number of rotatable bonds is 11. The molecule has 5 atom stereocenters. The van der Waals surface area contributed by atoms with Crippen LogP contribution < -0.4 is 0 Å². The van der Waals surface area contributed by atoms with Crippen LogP contribution >= 0.6 is 7.60 Å². The van der Waals surface area contributed by atoms with Gasteiger partial charge in [0.2, 0.25) is 5.85 Å². The lowest BCUT2D eigenvalue weighted by molar-refractivity contribution is -0.107. The van der Waals surface area contributed by atoms with Gasteiger partial charge in [0.1, 0.15) is 14.0 Å². The predicted molar refractivity (Wildman–Crippen MR) is 78.0 cm³/mol. The van der Waals surface area contributed by atoms with E-state index in [1.54, 1.807) is 0 Å². The first-order valence-electron chi connectivity index (χ1n) is 7.01. The normalized spacial score (nSPS) is 23.1. The summed E-state index contributed by atoms with van der Waals surface area (Å²) in [6.45, 7) is 2.69. The number of ether oxygens (including phenoxy) is 1. The van der Waals surface area contributed by atoms with E-state index >= 15 is 0 Å². The molecule has 0 saturated carbocycles. The number of aliphatic hydroxyl groups excluding tert-OH is 1. The summed E-state index contributed by atoms with van der Waals surface area (Å²) >= 11 is 0. The Morgan fingerprint density at radius 2 is 1.91 bits per heavy atom. The molecule has 6 nitrogen and oxygen atoms in total. The van der Waals surface area contributed by atoms with Crippen molar-refractivity contribution in [3.8, 4) is 0 Å². The van der Waals surface area contributed by atoms with Crippen LogP contribution in [0.3, 0.4) is 0 Å². The molecule has 0 aromatic carbocycles. The molecule has 0 fully saturated rings. The van der Waals surface area contributed by atoms with Crippen LogP contribution in [0.15, 0.2) is 0 Å². The SMILES string of the molecule is [B][C@H](OCCC(F)(CC)OP(=O)(O)[C@@](C)(O)CC)[C@H](F)CO. The van der Waals surface area contributed by atoms with Crippen molar-refractivity contribution in [2.24, 2.45) is 0 Å². The van der Waals surface area contributed by atoms with Crippen molar-refractivity contribution in [3.05, 3.63) is 0 Å². The van der Waals surface area contributed by atoms with Gasteiger partial charge in [-0.25, -0.2) is 8.78 Å². The molecule has 0 heterocycles. The van der Waals surface area contributed by atoms with Gasteiger partial charge in [-0.15, -0.1) is 0 Å². The van der Waals surface area contributed by atoms with Crippen LogP contribution in [0.1, 0.15) is 40.0 Å². The van der Waals surface area contributed by atoms with Gasteiger partial charge in [-0.2, -0.15) is 0 Å². The van der Waals surface area contributed by atoms with Gasteiger partial charge in [-0.3, -0.25) is 9.09 Å². The van der Waals surface area contributed by atoms with Crippen molar-refractivity contribution in [2.45, 2.75) is 63.4 Å². The molecule has 2 radical (unpaired) electrons. The molecule has 3 N–H and O–H groups in total. The summed E-state index contributed by atoms with van der Waals surface area (Å²) < 4.78 is 48.9. The quantitative estimate of drug-likeness (QED) is 0.389. The minimum absolute atomic E-state index is 0.109. The molecule has 130 valence electrons. The Labute approximate surface area is 130 Å². The molecule has 0 rings (SSSR count). The second kappa shape index (κ2) is 8.71. The Morgan fingerprint density at radius 3 is 2.32 bits per heavy atom. The first kappa shape index (κ1) is 22.0. The first-order valence-corrected chi connectivity index (χ1v) is 8.59. The Balaban J connectivity index is 4.69. The number of hydrogen-bond donors (Lipinski definition) is 3. The van der Waals surface area contributed by atoms with Crippen LogP contribution in [-0.4, -0.2) is 59.5 Å². The van der Waals surface area contributed by atoms with E-state index in [1.807, 2.05) is 0 Å². The van der Waals surface area contributed by atoms with Crippen molar-refractivity contribution >= 4 is 15.4 Å².